The summed E-state index contributed by atoms with van der Waals surface area (Å²) < 4.78 is 0. The molecule has 0 radical (unpaired) electrons. The predicted octanol–water partition coefficient (Wildman–Crippen LogP) is 3.27. The number of amides is 11. The van der Waals surface area contributed by atoms with Gasteiger partial charge in [-0.25, -0.2) is 0 Å². The molecule has 1 rings (SSSR count). The lowest BCUT2D eigenvalue weighted by molar-refractivity contribution is -0.157. The van der Waals surface area contributed by atoms with E-state index >= 15 is 9.59 Å². The van der Waals surface area contributed by atoms with E-state index in [2.05, 4.69) is 21.3 Å². The third kappa shape index (κ3) is 21.7. The molecule has 0 aromatic heterocycles. The quantitative estimate of drug-likeness (QED) is 0.148. The van der Waals surface area contributed by atoms with Crippen molar-refractivity contribution in [1.29, 1.82) is 0 Å². The standard InChI is InChI=1S/C62H111N11O12/c1-25-27-28-40(15)52(75)51-56(79)65-43(26-2)58(81)67(18)33-48(74)68(19)44(29-34(3)4)55(78)66-49(38(11)12)61(84)69(20)45(30-35(5)6)54(77)63-41(16)53(76)64-42(17)57(80)70(21)46(31-36(7)8)59(82)71(22)47(32-37(9)10)60(83)72(23)50(39(13)14)62(85)73(51)24/h25,27,34-47,49-52,75H,26,28-33H2,1-24H3,(H,63,77)(H,64,76)(H,65,79)(H,66,78)/t40?,41-,42-,43+,44+,45+,46-,47-,49?,50+,51-,52?/m1/s1. The normalized spacial score (nSPS) is 26.9. The minimum absolute atomic E-state index is 0.0229. The molecule has 3 unspecified atom stereocenters. The summed E-state index contributed by atoms with van der Waals surface area (Å²) >= 11 is 0. The zero-order valence-corrected chi connectivity index (χ0v) is 56.1. The molecule has 1 aliphatic heterocycles. The Kier molecular flexibility index (Phi) is 31.5. The van der Waals surface area contributed by atoms with Crippen LogP contribution in [0.5, 0.6) is 0 Å². The summed E-state index contributed by atoms with van der Waals surface area (Å²) in [5.41, 5.74) is 0. The van der Waals surface area contributed by atoms with Crippen LogP contribution in [0.15, 0.2) is 12.2 Å². The molecule has 0 bridgehead atoms. The van der Waals surface area contributed by atoms with E-state index in [1.54, 1.807) is 54.5 Å². The van der Waals surface area contributed by atoms with Crippen LogP contribution in [-0.2, 0) is 52.7 Å². The van der Waals surface area contributed by atoms with Gasteiger partial charge in [0, 0.05) is 49.3 Å². The lowest BCUT2D eigenvalue weighted by Gasteiger charge is -2.41. The van der Waals surface area contributed by atoms with E-state index in [0.29, 0.717) is 6.42 Å². The first kappa shape index (κ1) is 76.9. The van der Waals surface area contributed by atoms with Gasteiger partial charge < -0.3 is 60.7 Å². The van der Waals surface area contributed by atoms with Gasteiger partial charge in [-0.05, 0) is 101 Å². The van der Waals surface area contributed by atoms with Gasteiger partial charge in [0.15, 0.2) is 0 Å². The molecule has 11 amide bonds. The molecular formula is C62H111N11O12. The number of nitrogens with zero attached hydrogens (tertiary/aromatic N) is 7. The molecule has 0 spiro atoms. The van der Waals surface area contributed by atoms with Crippen LogP contribution in [0.4, 0.5) is 0 Å². The molecule has 0 aromatic carbocycles. The summed E-state index contributed by atoms with van der Waals surface area (Å²) in [7, 11) is 9.92. The van der Waals surface area contributed by atoms with E-state index in [1.807, 2.05) is 61.5 Å². The smallest absolute Gasteiger partial charge is 0.246 e. The molecule has 1 aliphatic rings. The SMILES string of the molecule is CC=CCC(C)C(O)[C@@H]1C(=O)N[C@@H](CC)C(=O)N(C)CC(=O)N(C)[C@@H](CC(C)C)C(=O)NC(C(C)C)C(=O)N(C)[C@@H](CC(C)C)C(=O)N[C@H](C)C(=O)N[C@H](C)C(=O)N(C)[C@H](CC(C)C)C(=O)N(C)[C@H](CC(C)C)C(=O)N(C)[C@@H](C(C)C)C(=O)N1C. The molecule has 85 heavy (non-hydrogen) atoms. The zero-order valence-electron chi connectivity index (χ0n) is 56.1. The van der Waals surface area contributed by atoms with Gasteiger partial charge >= 0.3 is 0 Å². The lowest BCUT2D eigenvalue weighted by Crippen LogP contribution is -2.63. The molecular weight excluding hydrogens is 1090 g/mol. The van der Waals surface area contributed by atoms with Gasteiger partial charge in [-0.15, -0.1) is 0 Å². The number of aliphatic hydroxyl groups is 1. The molecule has 23 heteroatoms. The fraction of sp³-hybridized carbons (Fsp3) is 0.790. The number of carbonyl (C=O) groups excluding carboxylic acids is 11. The van der Waals surface area contributed by atoms with Gasteiger partial charge in [0.1, 0.15) is 60.4 Å². The molecule has 486 valence electrons. The predicted molar refractivity (Wildman–Crippen MR) is 328 cm³/mol. The van der Waals surface area contributed by atoms with Gasteiger partial charge in [-0.3, -0.25) is 52.7 Å². The van der Waals surface area contributed by atoms with E-state index in [9.17, 15) is 48.3 Å². The number of hydrogen-bond donors (Lipinski definition) is 5. The van der Waals surface area contributed by atoms with E-state index < -0.39 is 156 Å². The Hall–Kier alpha value is -6.13. The van der Waals surface area contributed by atoms with Crippen molar-refractivity contribution in [2.24, 2.45) is 41.4 Å². The van der Waals surface area contributed by atoms with Crippen molar-refractivity contribution in [3.63, 3.8) is 0 Å². The zero-order chi connectivity index (χ0) is 66.0. The second kappa shape index (κ2) is 34.9. The maximum absolute atomic E-state index is 15.1. The van der Waals surface area contributed by atoms with Crippen LogP contribution in [0.2, 0.25) is 0 Å². The number of nitrogens with one attached hydrogen (secondary N) is 4. The molecule has 23 nitrogen and oxygen atoms in total. The largest absolute Gasteiger partial charge is 0.390 e. The molecule has 0 aliphatic carbocycles. The third-order valence-corrected chi connectivity index (χ3v) is 16.1. The Morgan fingerprint density at radius 1 is 0.459 bits per heavy atom. The first-order valence-corrected chi connectivity index (χ1v) is 30.6. The van der Waals surface area contributed by atoms with Crippen molar-refractivity contribution in [3.05, 3.63) is 12.2 Å². The van der Waals surface area contributed by atoms with Crippen LogP contribution in [0.3, 0.4) is 0 Å². The Balaban J connectivity index is 4.32. The van der Waals surface area contributed by atoms with Crippen molar-refractivity contribution >= 4 is 65.0 Å². The summed E-state index contributed by atoms with van der Waals surface area (Å²) in [6, 6.07) is -12.3. The van der Waals surface area contributed by atoms with Crippen molar-refractivity contribution in [1.82, 2.24) is 55.6 Å². The Bertz CT molecular complexity index is 2330. The Morgan fingerprint density at radius 2 is 0.871 bits per heavy atom. The molecule has 1 saturated heterocycles. The minimum atomic E-state index is -1.61. The molecule has 1 fully saturated rings. The van der Waals surface area contributed by atoms with Crippen molar-refractivity contribution in [3.8, 4) is 0 Å². The van der Waals surface area contributed by atoms with Gasteiger partial charge in [-0.1, -0.05) is 109 Å². The molecule has 1 heterocycles. The van der Waals surface area contributed by atoms with E-state index in [0.717, 1.165) is 9.80 Å². The highest BCUT2D eigenvalue weighted by molar-refractivity contribution is 5.99. The number of hydrogen-bond acceptors (Lipinski definition) is 12. The van der Waals surface area contributed by atoms with Gasteiger partial charge in [0.05, 0.1) is 12.6 Å². The van der Waals surface area contributed by atoms with Crippen LogP contribution in [0, 0.1) is 41.4 Å². The number of aliphatic hydroxyl groups excluding tert-OH is 1. The Morgan fingerprint density at radius 3 is 1.32 bits per heavy atom. The summed E-state index contributed by atoms with van der Waals surface area (Å²) in [6.45, 7) is 29.3. The monoisotopic (exact) mass is 1200 g/mol. The minimum Gasteiger partial charge on any atom is -0.390 e. The maximum atomic E-state index is 15.1. The first-order chi connectivity index (χ1) is 39.2. The topological polar surface area (TPSA) is 279 Å². The van der Waals surface area contributed by atoms with Crippen LogP contribution in [0.25, 0.3) is 0 Å². The van der Waals surface area contributed by atoms with Crippen LogP contribution in [0.1, 0.15) is 156 Å². The fourth-order valence-electron chi connectivity index (χ4n) is 10.7. The molecule has 0 aromatic rings. The summed E-state index contributed by atoms with van der Waals surface area (Å²) in [5.74, 6) is -9.71. The molecule has 0 saturated carbocycles. The highest BCUT2D eigenvalue weighted by Gasteiger charge is 2.45. The van der Waals surface area contributed by atoms with Crippen molar-refractivity contribution < 1.29 is 57.8 Å². The second-order valence-corrected chi connectivity index (χ2v) is 26.1. The number of allylic oxidation sites excluding steroid dienone is 2. The van der Waals surface area contributed by atoms with Crippen molar-refractivity contribution in [2.75, 3.05) is 55.9 Å². The third-order valence-electron chi connectivity index (χ3n) is 16.1. The van der Waals surface area contributed by atoms with Crippen molar-refractivity contribution in [2.45, 2.75) is 223 Å². The fourth-order valence-corrected chi connectivity index (χ4v) is 10.7. The summed E-state index contributed by atoms with van der Waals surface area (Å²) in [5, 5.41) is 23.1. The summed E-state index contributed by atoms with van der Waals surface area (Å²) in [4.78, 5) is 169. The molecule has 12 atom stereocenters. The number of likely N-dealkylation sites (N-methyl/N-ethyl adjacent to an activating group) is 7. The maximum Gasteiger partial charge on any atom is 0.246 e. The average molecular weight is 1200 g/mol. The van der Waals surface area contributed by atoms with Gasteiger partial charge in [-0.2, -0.15) is 0 Å². The highest BCUT2D eigenvalue weighted by atomic mass is 16.3. The van der Waals surface area contributed by atoms with Crippen LogP contribution >= 0.6 is 0 Å². The van der Waals surface area contributed by atoms with E-state index in [4.69, 9.17) is 0 Å². The Labute approximate surface area is 508 Å². The average Bonchev–Trinajstić information content (AvgIpc) is 3.62. The number of carbonyl (C=O) groups is 11. The highest BCUT2D eigenvalue weighted by Crippen LogP contribution is 2.26. The summed E-state index contributed by atoms with van der Waals surface area (Å²) in [6.07, 6.45) is 3.04. The number of rotatable bonds is 15. The van der Waals surface area contributed by atoms with Gasteiger partial charge in [0.2, 0.25) is 65.0 Å². The molecule has 5 N–H and O–H groups in total. The lowest BCUT2D eigenvalue weighted by atomic mass is 9.91. The van der Waals surface area contributed by atoms with Crippen LogP contribution in [-0.4, -0.2) is 227 Å². The second-order valence-electron chi connectivity index (χ2n) is 26.1. The van der Waals surface area contributed by atoms with Crippen LogP contribution < -0.4 is 21.3 Å². The first-order valence-electron chi connectivity index (χ1n) is 30.6. The van der Waals surface area contributed by atoms with Gasteiger partial charge in [0.25, 0.3) is 0 Å². The van der Waals surface area contributed by atoms with E-state index in [-0.39, 0.29) is 55.8 Å². The van der Waals surface area contributed by atoms with E-state index in [1.165, 1.54) is 87.7 Å².